The van der Waals surface area contributed by atoms with Crippen LogP contribution in [0.5, 0.6) is 0 Å². The number of rotatable bonds is 6. The molecule has 0 unspecified atom stereocenters. The van der Waals surface area contributed by atoms with Gasteiger partial charge in [-0.2, -0.15) is 5.10 Å². The second-order valence-electron chi connectivity index (χ2n) is 4.75. The fraction of sp³-hybridized carbons (Fsp3) is 0.357. The third-order valence-corrected chi connectivity index (χ3v) is 3.22. The van der Waals surface area contributed by atoms with E-state index in [1.165, 1.54) is 0 Å². The standard InChI is InChI=1S/C14H19N5OS/c1-9-6-12(13(14(15)21)10(2)17-9)18-11-7-16-19(8-11)4-5-20-3/h6-8H,4-5H2,1-3H3,(H2,15,21)(H,17,18). The van der Waals surface area contributed by atoms with E-state index in [1.807, 2.05) is 30.8 Å². The van der Waals surface area contributed by atoms with Crippen LogP contribution < -0.4 is 11.1 Å². The number of nitrogens with two attached hydrogens (primary N) is 1. The maximum atomic E-state index is 5.80. The molecule has 0 aliphatic rings. The summed E-state index contributed by atoms with van der Waals surface area (Å²) in [4.78, 5) is 4.73. The number of thiocarbonyl (C=S) groups is 1. The number of aromatic nitrogens is 3. The Morgan fingerprint density at radius 2 is 2.24 bits per heavy atom. The highest BCUT2D eigenvalue weighted by molar-refractivity contribution is 7.80. The summed E-state index contributed by atoms with van der Waals surface area (Å²) in [5.74, 6) is 0. The molecule has 0 bridgehead atoms. The van der Waals surface area contributed by atoms with E-state index in [-0.39, 0.29) is 0 Å². The molecule has 2 heterocycles. The Hall–Kier alpha value is -1.99. The Morgan fingerprint density at radius 1 is 1.48 bits per heavy atom. The fourth-order valence-corrected chi connectivity index (χ4v) is 2.39. The van der Waals surface area contributed by atoms with Gasteiger partial charge >= 0.3 is 0 Å². The van der Waals surface area contributed by atoms with Crippen LogP contribution in [0, 0.1) is 13.8 Å². The lowest BCUT2D eigenvalue weighted by Crippen LogP contribution is -2.15. The normalized spacial score (nSPS) is 10.6. The van der Waals surface area contributed by atoms with Gasteiger partial charge in [-0.3, -0.25) is 9.67 Å². The number of hydrogen-bond acceptors (Lipinski definition) is 5. The molecule has 0 aliphatic heterocycles. The Morgan fingerprint density at radius 3 is 2.90 bits per heavy atom. The Bertz CT molecular complexity index is 653. The number of methoxy groups -OCH3 is 1. The van der Waals surface area contributed by atoms with Crippen LogP contribution in [0.4, 0.5) is 11.4 Å². The SMILES string of the molecule is COCCn1cc(Nc2cc(C)nc(C)c2C(N)=S)cn1. The molecule has 21 heavy (non-hydrogen) atoms. The van der Waals surface area contributed by atoms with E-state index in [0.717, 1.165) is 28.3 Å². The lowest BCUT2D eigenvalue weighted by Gasteiger charge is -2.13. The molecule has 112 valence electrons. The first-order chi connectivity index (χ1) is 10.0. The minimum absolute atomic E-state index is 0.328. The van der Waals surface area contributed by atoms with Crippen LogP contribution in [0.3, 0.4) is 0 Å². The van der Waals surface area contributed by atoms with Gasteiger partial charge in [0.1, 0.15) is 4.99 Å². The van der Waals surface area contributed by atoms with Gasteiger partial charge in [0.2, 0.25) is 0 Å². The van der Waals surface area contributed by atoms with Crippen molar-refractivity contribution in [2.45, 2.75) is 20.4 Å². The summed E-state index contributed by atoms with van der Waals surface area (Å²) in [6.45, 7) is 5.15. The number of pyridine rings is 1. The molecule has 3 N–H and O–H groups in total. The largest absolute Gasteiger partial charge is 0.389 e. The minimum atomic E-state index is 0.328. The third-order valence-electron chi connectivity index (χ3n) is 3.01. The summed E-state index contributed by atoms with van der Waals surface area (Å²) in [5, 5.41) is 7.56. The Labute approximate surface area is 129 Å². The molecular formula is C14H19N5OS. The summed E-state index contributed by atoms with van der Waals surface area (Å²) in [5.41, 5.74) is 10.0. The predicted molar refractivity (Wildman–Crippen MR) is 87.0 cm³/mol. The number of aryl methyl sites for hydroxylation is 2. The lowest BCUT2D eigenvalue weighted by atomic mass is 10.1. The topological polar surface area (TPSA) is 78.0 Å². The number of nitrogens with zero attached hydrogens (tertiary/aromatic N) is 3. The maximum Gasteiger partial charge on any atom is 0.107 e. The van der Waals surface area contributed by atoms with Crippen LogP contribution in [0.2, 0.25) is 0 Å². The molecule has 0 atom stereocenters. The summed E-state index contributed by atoms with van der Waals surface area (Å²) in [6.07, 6.45) is 3.66. The molecule has 2 aromatic rings. The van der Waals surface area contributed by atoms with Crippen LogP contribution in [0.25, 0.3) is 0 Å². The maximum absolute atomic E-state index is 5.80. The zero-order valence-corrected chi connectivity index (χ0v) is 13.2. The number of hydrogen-bond donors (Lipinski definition) is 2. The monoisotopic (exact) mass is 305 g/mol. The minimum Gasteiger partial charge on any atom is -0.389 e. The van der Waals surface area contributed by atoms with E-state index in [4.69, 9.17) is 22.7 Å². The number of anilines is 2. The van der Waals surface area contributed by atoms with Crippen LogP contribution in [0.1, 0.15) is 17.0 Å². The number of nitrogens with one attached hydrogen (secondary N) is 1. The zero-order valence-electron chi connectivity index (χ0n) is 12.4. The molecule has 0 spiro atoms. The van der Waals surface area contributed by atoms with Crippen molar-refractivity contribution in [3.63, 3.8) is 0 Å². The lowest BCUT2D eigenvalue weighted by molar-refractivity contribution is 0.183. The quantitative estimate of drug-likeness (QED) is 0.794. The third kappa shape index (κ3) is 3.77. The molecule has 0 radical (unpaired) electrons. The molecule has 0 saturated heterocycles. The fourth-order valence-electron chi connectivity index (χ4n) is 2.13. The molecule has 2 rings (SSSR count). The zero-order chi connectivity index (χ0) is 15.4. The van der Waals surface area contributed by atoms with Gasteiger partial charge in [0.05, 0.1) is 36.3 Å². The van der Waals surface area contributed by atoms with Crippen LogP contribution in [0.15, 0.2) is 18.5 Å². The molecule has 0 amide bonds. The molecule has 0 aromatic carbocycles. The van der Waals surface area contributed by atoms with E-state index >= 15 is 0 Å². The van der Waals surface area contributed by atoms with Gasteiger partial charge in [0.25, 0.3) is 0 Å². The second kappa shape index (κ2) is 6.64. The molecule has 2 aromatic heterocycles. The van der Waals surface area contributed by atoms with Crippen LogP contribution >= 0.6 is 12.2 Å². The van der Waals surface area contributed by atoms with Crippen molar-refractivity contribution in [2.24, 2.45) is 5.73 Å². The van der Waals surface area contributed by atoms with Crippen molar-refractivity contribution in [1.82, 2.24) is 14.8 Å². The van der Waals surface area contributed by atoms with Gasteiger partial charge in [-0.25, -0.2) is 0 Å². The molecule has 6 nitrogen and oxygen atoms in total. The Balaban J connectivity index is 2.26. The van der Waals surface area contributed by atoms with E-state index in [0.29, 0.717) is 18.1 Å². The van der Waals surface area contributed by atoms with Crippen molar-refractivity contribution in [1.29, 1.82) is 0 Å². The van der Waals surface area contributed by atoms with Crippen molar-refractivity contribution in [3.8, 4) is 0 Å². The molecular weight excluding hydrogens is 286 g/mol. The first-order valence-corrected chi connectivity index (χ1v) is 6.98. The van der Waals surface area contributed by atoms with Crippen LogP contribution in [-0.2, 0) is 11.3 Å². The number of ether oxygens (including phenoxy) is 1. The molecule has 0 aliphatic carbocycles. The summed E-state index contributed by atoms with van der Waals surface area (Å²) in [7, 11) is 1.67. The molecule has 0 fully saturated rings. The van der Waals surface area contributed by atoms with E-state index < -0.39 is 0 Å². The van der Waals surface area contributed by atoms with E-state index in [2.05, 4.69) is 15.4 Å². The van der Waals surface area contributed by atoms with E-state index in [1.54, 1.807) is 13.3 Å². The highest BCUT2D eigenvalue weighted by atomic mass is 32.1. The molecule has 0 saturated carbocycles. The van der Waals surface area contributed by atoms with Crippen molar-refractivity contribution in [3.05, 3.63) is 35.4 Å². The first kappa shape index (κ1) is 15.4. The van der Waals surface area contributed by atoms with E-state index in [9.17, 15) is 0 Å². The smallest absolute Gasteiger partial charge is 0.107 e. The second-order valence-corrected chi connectivity index (χ2v) is 5.19. The van der Waals surface area contributed by atoms with Gasteiger partial charge in [-0.1, -0.05) is 12.2 Å². The highest BCUT2D eigenvalue weighted by Crippen LogP contribution is 2.23. The summed E-state index contributed by atoms with van der Waals surface area (Å²) < 4.78 is 6.84. The van der Waals surface area contributed by atoms with Crippen molar-refractivity contribution >= 4 is 28.6 Å². The first-order valence-electron chi connectivity index (χ1n) is 6.57. The van der Waals surface area contributed by atoms with Crippen molar-refractivity contribution < 1.29 is 4.74 Å². The van der Waals surface area contributed by atoms with Gasteiger partial charge in [-0.05, 0) is 19.9 Å². The van der Waals surface area contributed by atoms with Crippen LogP contribution in [-0.4, -0.2) is 33.5 Å². The summed E-state index contributed by atoms with van der Waals surface area (Å²) >= 11 is 5.12. The predicted octanol–water partition coefficient (Wildman–Crippen LogP) is 1.92. The van der Waals surface area contributed by atoms with Gasteiger partial charge < -0.3 is 15.8 Å². The summed E-state index contributed by atoms with van der Waals surface area (Å²) in [6, 6.07) is 1.92. The van der Waals surface area contributed by atoms with Gasteiger partial charge in [0.15, 0.2) is 0 Å². The Kier molecular flexibility index (Phi) is 4.87. The highest BCUT2D eigenvalue weighted by Gasteiger charge is 2.12. The molecule has 7 heteroatoms. The average molecular weight is 305 g/mol. The average Bonchev–Trinajstić information content (AvgIpc) is 2.82. The van der Waals surface area contributed by atoms with Crippen molar-refractivity contribution in [2.75, 3.05) is 19.0 Å². The van der Waals surface area contributed by atoms with Gasteiger partial charge in [-0.15, -0.1) is 0 Å². The van der Waals surface area contributed by atoms with Gasteiger partial charge in [0, 0.05) is 24.7 Å².